The summed E-state index contributed by atoms with van der Waals surface area (Å²) in [6.45, 7) is 0. The molecule has 0 atom stereocenters. The lowest BCUT2D eigenvalue weighted by atomic mass is 10.1. The van der Waals surface area contributed by atoms with Gasteiger partial charge < -0.3 is 13.7 Å². The van der Waals surface area contributed by atoms with E-state index in [0.717, 1.165) is 67.1 Å². The summed E-state index contributed by atoms with van der Waals surface area (Å²) in [5.41, 5.74) is 15.7. The Labute approximate surface area is 348 Å². The molecule has 6 nitrogen and oxygen atoms in total. The summed E-state index contributed by atoms with van der Waals surface area (Å²) in [4.78, 5) is 5.56. The van der Waals surface area contributed by atoms with Gasteiger partial charge in [-0.3, -0.25) is 8.97 Å². The quantitative estimate of drug-likeness (QED) is 0.175. The van der Waals surface area contributed by atoms with Gasteiger partial charge in [0.25, 0.3) is 0 Å². The summed E-state index contributed by atoms with van der Waals surface area (Å²) in [6, 6.07) is 74.6. The van der Waals surface area contributed by atoms with Crippen LogP contribution in [0.1, 0.15) is 0 Å². The first kappa shape index (κ1) is 32.6. The number of para-hydroxylation sites is 7. The van der Waals surface area contributed by atoms with Crippen molar-refractivity contribution in [2.24, 2.45) is 0 Å². The van der Waals surface area contributed by atoms with E-state index >= 15 is 0 Å². The standard InChI is InChI=1S/C55H34N6/c1-2-15-35(16-3-1)60-50-27-12-13-28-51(50)61-52-32-30-43-41-21-6-11-26-48(41)59(54(43)53(52)56-55(60)61)37-18-14-17-36(33-37)57-47-25-10-7-22-42(47)44-34-38(29-31-49(44)57)58-45-23-8-4-19-39(45)40-20-5-9-24-46(40)58/h1-34H. The van der Waals surface area contributed by atoms with E-state index in [4.69, 9.17) is 4.98 Å². The molecule has 0 fully saturated rings. The first-order chi connectivity index (χ1) is 30.3. The number of benzene rings is 9. The van der Waals surface area contributed by atoms with Crippen LogP contribution in [-0.4, -0.2) is 27.7 Å². The zero-order valence-electron chi connectivity index (χ0n) is 32.8. The topological polar surface area (TPSA) is 37.0 Å². The molecule has 0 unspecified atom stereocenters. The van der Waals surface area contributed by atoms with Crippen LogP contribution in [0.4, 0.5) is 0 Å². The van der Waals surface area contributed by atoms with Gasteiger partial charge in [0.15, 0.2) is 0 Å². The van der Waals surface area contributed by atoms with Crippen molar-refractivity contribution in [1.82, 2.24) is 27.7 Å². The minimum Gasteiger partial charge on any atom is -0.309 e. The van der Waals surface area contributed by atoms with Gasteiger partial charge in [0.1, 0.15) is 5.52 Å². The third-order valence-electron chi connectivity index (χ3n) is 12.9. The lowest BCUT2D eigenvalue weighted by Crippen LogP contribution is -1.99. The fourth-order valence-electron chi connectivity index (χ4n) is 10.4. The molecule has 0 aliphatic rings. The van der Waals surface area contributed by atoms with E-state index < -0.39 is 0 Å². The average Bonchev–Trinajstić information content (AvgIpc) is 4.11. The van der Waals surface area contributed by atoms with E-state index in [2.05, 4.69) is 229 Å². The van der Waals surface area contributed by atoms with E-state index in [0.29, 0.717) is 0 Å². The minimum atomic E-state index is 0.894. The molecule has 0 aliphatic heterocycles. The molecule has 14 rings (SSSR count). The number of rotatable bonds is 4. The van der Waals surface area contributed by atoms with Gasteiger partial charge in [-0.2, -0.15) is 0 Å². The van der Waals surface area contributed by atoms with E-state index in [1.165, 1.54) is 48.9 Å². The van der Waals surface area contributed by atoms with E-state index in [1.54, 1.807) is 0 Å². The Hall–Kier alpha value is -8.35. The molecule has 284 valence electrons. The van der Waals surface area contributed by atoms with Crippen LogP contribution in [0.25, 0.3) is 116 Å². The summed E-state index contributed by atoms with van der Waals surface area (Å²) >= 11 is 0. The van der Waals surface area contributed by atoms with Gasteiger partial charge in [-0.25, -0.2) is 4.98 Å². The predicted molar refractivity (Wildman–Crippen MR) is 253 cm³/mol. The van der Waals surface area contributed by atoms with Crippen LogP contribution in [0.5, 0.6) is 0 Å². The molecule has 6 heteroatoms. The zero-order chi connectivity index (χ0) is 39.8. The molecule has 9 aromatic carbocycles. The molecule has 0 saturated heterocycles. The third-order valence-corrected chi connectivity index (χ3v) is 12.9. The van der Waals surface area contributed by atoms with E-state index in [9.17, 15) is 0 Å². The smallest absolute Gasteiger partial charge is 0.220 e. The van der Waals surface area contributed by atoms with Crippen molar-refractivity contribution in [3.8, 4) is 22.7 Å². The predicted octanol–water partition coefficient (Wildman–Crippen LogP) is 13.7. The van der Waals surface area contributed by atoms with E-state index in [1.807, 2.05) is 0 Å². The summed E-state index contributed by atoms with van der Waals surface area (Å²) in [5.74, 6) is 0.894. The highest BCUT2D eigenvalue weighted by Gasteiger charge is 2.23. The fourth-order valence-corrected chi connectivity index (χ4v) is 10.4. The first-order valence-corrected chi connectivity index (χ1v) is 20.8. The molecule has 0 bridgehead atoms. The van der Waals surface area contributed by atoms with Gasteiger partial charge in [0, 0.05) is 55.1 Å². The van der Waals surface area contributed by atoms with E-state index in [-0.39, 0.29) is 0 Å². The van der Waals surface area contributed by atoms with Gasteiger partial charge in [-0.1, -0.05) is 109 Å². The highest BCUT2D eigenvalue weighted by molar-refractivity contribution is 6.18. The Morgan fingerprint density at radius 2 is 0.721 bits per heavy atom. The summed E-state index contributed by atoms with van der Waals surface area (Å²) in [7, 11) is 0. The average molecular weight is 779 g/mol. The summed E-state index contributed by atoms with van der Waals surface area (Å²) < 4.78 is 11.9. The molecule has 0 N–H and O–H groups in total. The number of aromatic nitrogens is 6. The molecule has 5 heterocycles. The van der Waals surface area contributed by atoms with Crippen molar-refractivity contribution >= 4 is 93.3 Å². The normalized spacial score (nSPS) is 12.3. The minimum absolute atomic E-state index is 0.894. The Kier molecular flexibility index (Phi) is 6.46. The zero-order valence-corrected chi connectivity index (χ0v) is 32.8. The monoisotopic (exact) mass is 778 g/mol. The van der Waals surface area contributed by atoms with Crippen LogP contribution in [-0.2, 0) is 0 Å². The van der Waals surface area contributed by atoms with Gasteiger partial charge >= 0.3 is 0 Å². The van der Waals surface area contributed by atoms with Crippen molar-refractivity contribution in [3.63, 3.8) is 0 Å². The molecule has 0 radical (unpaired) electrons. The SMILES string of the molecule is c1ccc(-n2c3ccccc3n3c4ccc5c6ccccc6n(-c6cccc(-n7c8ccccc8c8cc(-n9c%10ccccc%10c%10ccccc%109)ccc87)c6)c5c4nc23)cc1. The third kappa shape index (κ3) is 4.37. The molecule has 61 heavy (non-hydrogen) atoms. The lowest BCUT2D eigenvalue weighted by molar-refractivity contribution is 1.11. The van der Waals surface area contributed by atoms with Crippen molar-refractivity contribution in [3.05, 3.63) is 206 Å². The summed E-state index contributed by atoms with van der Waals surface area (Å²) in [6.07, 6.45) is 0. The van der Waals surface area contributed by atoms with Crippen LogP contribution in [0.3, 0.4) is 0 Å². The maximum atomic E-state index is 5.56. The number of fused-ring (bicyclic) bond motifs is 15. The molecular weight excluding hydrogens is 745 g/mol. The molecular formula is C55H34N6. The van der Waals surface area contributed by atoms with Crippen LogP contribution in [0.2, 0.25) is 0 Å². The van der Waals surface area contributed by atoms with Crippen LogP contribution >= 0.6 is 0 Å². The van der Waals surface area contributed by atoms with Gasteiger partial charge in [0.05, 0.1) is 49.7 Å². The van der Waals surface area contributed by atoms with Crippen molar-refractivity contribution < 1.29 is 0 Å². The molecule has 0 spiro atoms. The van der Waals surface area contributed by atoms with Gasteiger partial charge in [0.2, 0.25) is 5.78 Å². The maximum absolute atomic E-state index is 5.56. The number of nitrogens with zero attached hydrogens (tertiary/aromatic N) is 6. The second-order valence-corrected chi connectivity index (χ2v) is 16.0. The Balaban J connectivity index is 1.02. The van der Waals surface area contributed by atoms with Crippen LogP contribution in [0.15, 0.2) is 206 Å². The van der Waals surface area contributed by atoms with Crippen molar-refractivity contribution in [1.29, 1.82) is 0 Å². The second-order valence-electron chi connectivity index (χ2n) is 16.0. The van der Waals surface area contributed by atoms with Gasteiger partial charge in [-0.15, -0.1) is 0 Å². The maximum Gasteiger partial charge on any atom is 0.220 e. The van der Waals surface area contributed by atoms with Crippen molar-refractivity contribution in [2.75, 3.05) is 0 Å². The number of hydrogen-bond donors (Lipinski definition) is 0. The second kappa shape index (κ2) is 12.1. The molecule has 0 aliphatic carbocycles. The van der Waals surface area contributed by atoms with Crippen molar-refractivity contribution in [2.45, 2.75) is 0 Å². The number of imidazole rings is 2. The Morgan fingerprint density at radius 3 is 1.38 bits per heavy atom. The van der Waals surface area contributed by atoms with Gasteiger partial charge in [-0.05, 0) is 97.1 Å². The summed E-state index contributed by atoms with van der Waals surface area (Å²) in [5, 5.41) is 7.35. The molecule has 0 amide bonds. The highest BCUT2D eigenvalue weighted by atomic mass is 15.2. The molecule has 14 aromatic rings. The Morgan fingerprint density at radius 1 is 0.262 bits per heavy atom. The fraction of sp³-hybridized carbons (Fsp3) is 0. The largest absolute Gasteiger partial charge is 0.309 e. The highest BCUT2D eigenvalue weighted by Crippen LogP contribution is 2.41. The molecule has 0 saturated carbocycles. The van der Waals surface area contributed by atoms with Crippen LogP contribution in [0, 0.1) is 0 Å². The number of hydrogen-bond acceptors (Lipinski definition) is 1. The van der Waals surface area contributed by atoms with Crippen LogP contribution < -0.4 is 0 Å². The Bertz CT molecular complexity index is 4060. The first-order valence-electron chi connectivity index (χ1n) is 20.8. The lowest BCUT2D eigenvalue weighted by Gasteiger charge is -2.13. The molecule has 5 aromatic heterocycles.